The molecule has 1 saturated heterocycles. The first-order valence-electron chi connectivity index (χ1n) is 8.42. The number of furan rings is 1. The van der Waals surface area contributed by atoms with Crippen LogP contribution in [0.25, 0.3) is 11.0 Å². The quantitative estimate of drug-likeness (QED) is 0.794. The number of rotatable bonds is 3. The number of likely N-dealkylation sites (tertiary alicyclic amines) is 1. The maximum Gasteiger partial charge on any atom is 0.290 e. The second kappa shape index (κ2) is 6.04. The molecule has 0 unspecified atom stereocenters. The van der Waals surface area contributed by atoms with Crippen LogP contribution in [0.3, 0.4) is 0 Å². The van der Waals surface area contributed by atoms with Gasteiger partial charge in [0.2, 0.25) is 0 Å². The standard InChI is InChI=1S/C19H21N3O3/c1-11-12(2)21-18(20-11)15-9-14(24-3)10-22(15)19(23)17-8-13-6-4-5-7-16(13)25-17/h4-8,14-15H,9-10H2,1-3H3,(H,20,21)/t14-,15+/m1/s1. The van der Waals surface area contributed by atoms with Gasteiger partial charge in [-0.05, 0) is 26.0 Å². The van der Waals surface area contributed by atoms with Crippen molar-refractivity contribution in [2.24, 2.45) is 0 Å². The van der Waals surface area contributed by atoms with Gasteiger partial charge in [0.15, 0.2) is 5.76 Å². The van der Waals surface area contributed by atoms with Gasteiger partial charge >= 0.3 is 0 Å². The SMILES string of the molecule is CO[C@@H]1C[C@@H](c2nc(C)c(C)[nH]2)N(C(=O)c2cc3ccccc3o2)C1. The number of methoxy groups -OCH3 is 1. The Labute approximate surface area is 145 Å². The fourth-order valence-corrected chi connectivity index (χ4v) is 3.41. The topological polar surface area (TPSA) is 71.4 Å². The van der Waals surface area contributed by atoms with E-state index in [9.17, 15) is 4.79 Å². The summed E-state index contributed by atoms with van der Waals surface area (Å²) < 4.78 is 11.3. The van der Waals surface area contributed by atoms with E-state index < -0.39 is 0 Å². The smallest absolute Gasteiger partial charge is 0.290 e. The van der Waals surface area contributed by atoms with Crippen molar-refractivity contribution in [3.8, 4) is 0 Å². The molecule has 1 fully saturated rings. The summed E-state index contributed by atoms with van der Waals surface area (Å²) in [5, 5.41) is 0.926. The number of para-hydroxylation sites is 1. The van der Waals surface area contributed by atoms with Crippen molar-refractivity contribution < 1.29 is 13.9 Å². The maximum absolute atomic E-state index is 13.1. The van der Waals surface area contributed by atoms with E-state index in [0.717, 1.165) is 34.6 Å². The number of carbonyl (C=O) groups is 1. The molecule has 1 aromatic carbocycles. The summed E-state index contributed by atoms with van der Waals surface area (Å²) in [7, 11) is 1.68. The Bertz CT molecular complexity index is 875. The van der Waals surface area contributed by atoms with Crippen molar-refractivity contribution in [2.45, 2.75) is 32.4 Å². The van der Waals surface area contributed by atoms with E-state index in [-0.39, 0.29) is 18.1 Å². The fraction of sp³-hybridized carbons (Fsp3) is 0.368. The molecule has 0 aliphatic carbocycles. The summed E-state index contributed by atoms with van der Waals surface area (Å²) >= 11 is 0. The summed E-state index contributed by atoms with van der Waals surface area (Å²) in [5.41, 5.74) is 2.69. The molecule has 25 heavy (non-hydrogen) atoms. The Kier molecular flexibility index (Phi) is 3.84. The molecule has 2 aromatic heterocycles. The number of aromatic nitrogens is 2. The lowest BCUT2D eigenvalue weighted by molar-refractivity contribution is 0.0656. The van der Waals surface area contributed by atoms with Crippen LogP contribution in [0.15, 0.2) is 34.7 Å². The average molecular weight is 339 g/mol. The van der Waals surface area contributed by atoms with Gasteiger partial charge < -0.3 is 19.0 Å². The number of aromatic amines is 1. The lowest BCUT2D eigenvalue weighted by Crippen LogP contribution is -2.32. The molecule has 0 saturated carbocycles. The molecule has 1 N–H and O–H groups in total. The third-order valence-corrected chi connectivity index (χ3v) is 4.96. The van der Waals surface area contributed by atoms with Gasteiger partial charge in [-0.25, -0.2) is 4.98 Å². The Morgan fingerprint density at radius 3 is 2.84 bits per heavy atom. The molecule has 130 valence electrons. The van der Waals surface area contributed by atoms with Gasteiger partial charge in [-0.3, -0.25) is 4.79 Å². The van der Waals surface area contributed by atoms with E-state index >= 15 is 0 Å². The predicted molar refractivity (Wildman–Crippen MR) is 93.5 cm³/mol. The molecule has 3 heterocycles. The molecule has 1 aliphatic heterocycles. The summed E-state index contributed by atoms with van der Waals surface area (Å²) in [5.74, 6) is 1.02. The number of ether oxygens (including phenoxy) is 1. The molecule has 1 aliphatic rings. The number of carbonyl (C=O) groups excluding carboxylic acids is 1. The highest BCUT2D eigenvalue weighted by atomic mass is 16.5. The average Bonchev–Trinajstić information content (AvgIpc) is 3.31. The summed E-state index contributed by atoms with van der Waals surface area (Å²) in [4.78, 5) is 22.8. The second-order valence-corrected chi connectivity index (χ2v) is 6.55. The van der Waals surface area contributed by atoms with Crippen LogP contribution >= 0.6 is 0 Å². The normalized spacial score (nSPS) is 20.5. The molecule has 1 amide bonds. The molecule has 6 heteroatoms. The zero-order valence-electron chi connectivity index (χ0n) is 14.6. The summed E-state index contributed by atoms with van der Waals surface area (Å²) in [6.45, 7) is 4.47. The first kappa shape index (κ1) is 15.9. The number of nitrogens with one attached hydrogen (secondary N) is 1. The predicted octanol–water partition coefficient (Wildman–Crippen LogP) is 3.37. The van der Waals surface area contributed by atoms with Gasteiger partial charge in [0.05, 0.1) is 17.8 Å². The van der Waals surface area contributed by atoms with Crippen LogP contribution in [0.5, 0.6) is 0 Å². The Morgan fingerprint density at radius 1 is 1.36 bits per heavy atom. The monoisotopic (exact) mass is 339 g/mol. The number of H-pyrrole nitrogens is 1. The first-order chi connectivity index (χ1) is 12.1. The lowest BCUT2D eigenvalue weighted by Gasteiger charge is -2.21. The fourth-order valence-electron chi connectivity index (χ4n) is 3.41. The number of nitrogens with zero attached hydrogens (tertiary/aromatic N) is 2. The molecule has 3 aromatic rings. The largest absolute Gasteiger partial charge is 0.451 e. The number of hydrogen-bond acceptors (Lipinski definition) is 4. The van der Waals surface area contributed by atoms with Crippen molar-refractivity contribution in [1.29, 1.82) is 0 Å². The summed E-state index contributed by atoms with van der Waals surface area (Å²) in [6, 6.07) is 9.29. The van der Waals surface area contributed by atoms with Crippen LogP contribution in [0.4, 0.5) is 0 Å². The lowest BCUT2D eigenvalue weighted by atomic mass is 10.2. The van der Waals surface area contributed by atoms with Crippen LogP contribution in [-0.2, 0) is 4.74 Å². The number of benzene rings is 1. The first-order valence-corrected chi connectivity index (χ1v) is 8.42. The number of amides is 1. The van der Waals surface area contributed by atoms with Crippen LogP contribution in [0.1, 0.15) is 40.2 Å². The maximum atomic E-state index is 13.1. The van der Waals surface area contributed by atoms with Crippen molar-refractivity contribution in [3.05, 3.63) is 53.3 Å². The molecular weight excluding hydrogens is 318 g/mol. The van der Waals surface area contributed by atoms with Crippen molar-refractivity contribution in [2.75, 3.05) is 13.7 Å². The molecule has 6 nitrogen and oxygen atoms in total. The van der Waals surface area contributed by atoms with Crippen LogP contribution in [0.2, 0.25) is 0 Å². The van der Waals surface area contributed by atoms with E-state index in [2.05, 4.69) is 9.97 Å². The van der Waals surface area contributed by atoms with Crippen molar-refractivity contribution >= 4 is 16.9 Å². The van der Waals surface area contributed by atoms with E-state index in [1.165, 1.54) is 0 Å². The minimum atomic E-state index is -0.141. The van der Waals surface area contributed by atoms with Crippen LogP contribution < -0.4 is 0 Å². The van der Waals surface area contributed by atoms with Crippen LogP contribution in [-0.4, -0.2) is 40.5 Å². The molecule has 2 atom stereocenters. The van der Waals surface area contributed by atoms with E-state index in [0.29, 0.717) is 12.3 Å². The Hall–Kier alpha value is -2.60. The third-order valence-electron chi connectivity index (χ3n) is 4.96. The molecule has 0 spiro atoms. The van der Waals surface area contributed by atoms with E-state index in [4.69, 9.17) is 9.15 Å². The number of hydrogen-bond donors (Lipinski definition) is 1. The Balaban J connectivity index is 1.68. The molecule has 4 rings (SSSR count). The number of aryl methyl sites for hydroxylation is 2. The highest BCUT2D eigenvalue weighted by molar-refractivity contribution is 5.96. The molecular formula is C19H21N3O3. The van der Waals surface area contributed by atoms with Gasteiger partial charge in [-0.15, -0.1) is 0 Å². The number of fused-ring (bicyclic) bond motifs is 1. The van der Waals surface area contributed by atoms with Crippen LogP contribution in [0, 0.1) is 13.8 Å². The number of imidazole rings is 1. The van der Waals surface area contributed by atoms with Gasteiger partial charge in [0, 0.05) is 31.2 Å². The minimum Gasteiger partial charge on any atom is -0.451 e. The highest BCUT2D eigenvalue weighted by Gasteiger charge is 2.39. The highest BCUT2D eigenvalue weighted by Crippen LogP contribution is 2.34. The minimum absolute atomic E-state index is 0.0101. The summed E-state index contributed by atoms with van der Waals surface area (Å²) in [6.07, 6.45) is 0.707. The Morgan fingerprint density at radius 2 is 2.16 bits per heavy atom. The van der Waals surface area contributed by atoms with Crippen molar-refractivity contribution in [3.63, 3.8) is 0 Å². The van der Waals surface area contributed by atoms with E-state index in [1.54, 1.807) is 18.1 Å². The third kappa shape index (κ3) is 2.72. The zero-order valence-corrected chi connectivity index (χ0v) is 14.6. The van der Waals surface area contributed by atoms with Gasteiger partial charge in [0.1, 0.15) is 11.4 Å². The van der Waals surface area contributed by atoms with Crippen molar-refractivity contribution in [1.82, 2.24) is 14.9 Å². The molecule has 0 radical (unpaired) electrons. The second-order valence-electron chi connectivity index (χ2n) is 6.55. The van der Waals surface area contributed by atoms with Gasteiger partial charge in [-0.2, -0.15) is 0 Å². The zero-order chi connectivity index (χ0) is 17.6. The van der Waals surface area contributed by atoms with Gasteiger partial charge in [-0.1, -0.05) is 18.2 Å². The molecule has 0 bridgehead atoms. The van der Waals surface area contributed by atoms with Gasteiger partial charge in [0.25, 0.3) is 5.91 Å². The van der Waals surface area contributed by atoms with E-state index in [1.807, 2.05) is 38.1 Å².